The molecule has 1 aliphatic rings. The lowest BCUT2D eigenvalue weighted by Gasteiger charge is -2.35. The number of fused-ring (bicyclic) bond motifs is 1. The Morgan fingerprint density at radius 1 is 1.03 bits per heavy atom. The summed E-state index contributed by atoms with van der Waals surface area (Å²) >= 11 is 0. The van der Waals surface area contributed by atoms with E-state index in [1.165, 1.54) is 0 Å². The Hall–Kier alpha value is -3.52. The first kappa shape index (κ1) is 21.7. The predicted molar refractivity (Wildman–Crippen MR) is 122 cm³/mol. The molecule has 0 bridgehead atoms. The fourth-order valence-corrected chi connectivity index (χ4v) is 3.79. The molecule has 0 unspecified atom stereocenters. The highest BCUT2D eigenvalue weighted by Crippen LogP contribution is 2.32. The maximum absolute atomic E-state index is 13.3. The Morgan fingerprint density at radius 3 is 2.44 bits per heavy atom. The van der Waals surface area contributed by atoms with E-state index in [0.717, 1.165) is 11.4 Å². The van der Waals surface area contributed by atoms with E-state index in [4.69, 9.17) is 13.9 Å². The number of benzene rings is 2. The Morgan fingerprint density at radius 2 is 1.75 bits per heavy atom. The number of carbonyl (C=O) groups is 2. The third-order valence-electron chi connectivity index (χ3n) is 5.50. The number of furan rings is 1. The summed E-state index contributed by atoms with van der Waals surface area (Å²) in [4.78, 5) is 29.6. The first-order valence-corrected chi connectivity index (χ1v) is 10.7. The minimum Gasteiger partial charge on any atom is -0.497 e. The molecule has 8 heteroatoms. The van der Waals surface area contributed by atoms with Crippen molar-refractivity contribution < 1.29 is 23.5 Å². The lowest BCUT2D eigenvalue weighted by Crippen LogP contribution is -2.48. The summed E-state index contributed by atoms with van der Waals surface area (Å²) in [6.45, 7) is 4.67. The number of nitrogens with zero attached hydrogens (tertiary/aromatic N) is 2. The molecule has 0 saturated carbocycles. The van der Waals surface area contributed by atoms with Gasteiger partial charge in [0.25, 0.3) is 5.91 Å². The van der Waals surface area contributed by atoms with Gasteiger partial charge in [-0.05, 0) is 43.3 Å². The second-order valence-corrected chi connectivity index (χ2v) is 7.46. The average molecular weight is 437 g/mol. The van der Waals surface area contributed by atoms with Crippen molar-refractivity contribution in [3.8, 4) is 5.75 Å². The summed E-state index contributed by atoms with van der Waals surface area (Å²) in [5.74, 6) is 0.402. The minimum atomic E-state index is -0.322. The van der Waals surface area contributed by atoms with Crippen LogP contribution in [0.15, 0.2) is 52.9 Å². The number of carbonyl (C=O) groups excluding carboxylic acids is 2. The van der Waals surface area contributed by atoms with Crippen molar-refractivity contribution in [2.45, 2.75) is 6.92 Å². The summed E-state index contributed by atoms with van der Waals surface area (Å²) in [6.07, 6.45) is 0. The standard InChI is InChI=1S/C24H27N3O5/c1-3-31-16-21(28)25-22-19-6-4-5-7-20(19)32-23(22)24(29)27-14-12-26(13-15-27)17-8-10-18(30-2)11-9-17/h4-11H,3,12-16H2,1-2H3,(H,25,28). The molecule has 4 rings (SSSR count). The molecular weight excluding hydrogens is 410 g/mol. The normalized spacial score (nSPS) is 13.9. The van der Waals surface area contributed by atoms with Crippen molar-refractivity contribution in [3.05, 3.63) is 54.3 Å². The highest BCUT2D eigenvalue weighted by Gasteiger charge is 2.29. The third-order valence-corrected chi connectivity index (χ3v) is 5.50. The molecule has 0 atom stereocenters. The van der Waals surface area contributed by atoms with E-state index in [2.05, 4.69) is 10.2 Å². The van der Waals surface area contributed by atoms with Crippen LogP contribution in [0, 0.1) is 0 Å². The third kappa shape index (κ3) is 4.55. The van der Waals surface area contributed by atoms with Gasteiger partial charge in [0.05, 0.1) is 7.11 Å². The van der Waals surface area contributed by atoms with Crippen LogP contribution in [-0.2, 0) is 9.53 Å². The van der Waals surface area contributed by atoms with E-state index in [1.54, 1.807) is 18.1 Å². The average Bonchev–Trinajstić information content (AvgIpc) is 3.20. The van der Waals surface area contributed by atoms with Crippen molar-refractivity contribution in [2.75, 3.05) is 56.7 Å². The number of amides is 2. The molecule has 2 heterocycles. The van der Waals surface area contributed by atoms with Crippen molar-refractivity contribution in [1.82, 2.24) is 4.90 Å². The van der Waals surface area contributed by atoms with E-state index < -0.39 is 0 Å². The summed E-state index contributed by atoms with van der Waals surface area (Å²) in [7, 11) is 1.64. The summed E-state index contributed by atoms with van der Waals surface area (Å²) in [5.41, 5.74) is 2.04. The summed E-state index contributed by atoms with van der Waals surface area (Å²) < 4.78 is 16.3. The first-order chi connectivity index (χ1) is 15.6. The van der Waals surface area contributed by atoms with Gasteiger partial charge in [-0.25, -0.2) is 0 Å². The maximum atomic E-state index is 13.3. The topological polar surface area (TPSA) is 84.2 Å². The fraction of sp³-hybridized carbons (Fsp3) is 0.333. The van der Waals surface area contributed by atoms with Crippen molar-refractivity contribution in [3.63, 3.8) is 0 Å². The Balaban J connectivity index is 1.50. The molecule has 2 aromatic carbocycles. The molecule has 32 heavy (non-hydrogen) atoms. The Labute approximate surface area is 186 Å². The largest absolute Gasteiger partial charge is 0.497 e. The number of para-hydroxylation sites is 1. The maximum Gasteiger partial charge on any atom is 0.291 e. The second kappa shape index (κ2) is 9.74. The summed E-state index contributed by atoms with van der Waals surface area (Å²) in [5, 5.41) is 3.50. The zero-order valence-corrected chi connectivity index (χ0v) is 18.3. The van der Waals surface area contributed by atoms with E-state index in [9.17, 15) is 9.59 Å². The molecule has 1 saturated heterocycles. The highest BCUT2D eigenvalue weighted by molar-refractivity contribution is 6.11. The van der Waals surface area contributed by atoms with Gasteiger partial charge < -0.3 is 29.0 Å². The zero-order valence-electron chi connectivity index (χ0n) is 18.3. The van der Waals surface area contributed by atoms with Gasteiger partial charge in [-0.3, -0.25) is 9.59 Å². The van der Waals surface area contributed by atoms with Crippen LogP contribution in [0.5, 0.6) is 5.75 Å². The van der Waals surface area contributed by atoms with E-state index >= 15 is 0 Å². The van der Waals surface area contributed by atoms with Gasteiger partial charge in [-0.1, -0.05) is 12.1 Å². The first-order valence-electron chi connectivity index (χ1n) is 10.7. The van der Waals surface area contributed by atoms with Crippen LogP contribution in [0.1, 0.15) is 17.5 Å². The van der Waals surface area contributed by atoms with E-state index in [0.29, 0.717) is 49.4 Å². The number of rotatable bonds is 7. The van der Waals surface area contributed by atoms with Gasteiger partial charge in [0.1, 0.15) is 23.6 Å². The molecule has 0 spiro atoms. The Bertz CT molecular complexity index is 1080. The molecule has 168 valence electrons. The zero-order chi connectivity index (χ0) is 22.5. The lowest BCUT2D eigenvalue weighted by molar-refractivity contribution is -0.120. The van der Waals surface area contributed by atoms with Crippen LogP contribution in [0.25, 0.3) is 11.0 Å². The Kier molecular flexibility index (Phi) is 6.61. The van der Waals surface area contributed by atoms with Gasteiger partial charge in [0, 0.05) is 43.9 Å². The number of anilines is 2. The smallest absolute Gasteiger partial charge is 0.291 e. The molecule has 8 nitrogen and oxygen atoms in total. The fourth-order valence-electron chi connectivity index (χ4n) is 3.79. The highest BCUT2D eigenvalue weighted by atomic mass is 16.5. The van der Waals surface area contributed by atoms with Crippen molar-refractivity contribution in [2.24, 2.45) is 0 Å². The molecule has 1 N–H and O–H groups in total. The number of nitrogens with one attached hydrogen (secondary N) is 1. The van der Waals surface area contributed by atoms with Crippen LogP contribution in [0.2, 0.25) is 0 Å². The van der Waals surface area contributed by atoms with Gasteiger partial charge in [0.2, 0.25) is 11.7 Å². The van der Waals surface area contributed by atoms with Crippen LogP contribution in [-0.4, -0.2) is 63.2 Å². The molecule has 1 aromatic heterocycles. The molecule has 1 fully saturated rings. The molecule has 3 aromatic rings. The molecule has 2 amide bonds. The molecule has 1 aliphatic heterocycles. The second-order valence-electron chi connectivity index (χ2n) is 7.46. The van der Waals surface area contributed by atoms with Crippen LogP contribution < -0.4 is 15.0 Å². The van der Waals surface area contributed by atoms with Crippen molar-refractivity contribution >= 4 is 34.2 Å². The van der Waals surface area contributed by atoms with Crippen molar-refractivity contribution in [1.29, 1.82) is 0 Å². The van der Waals surface area contributed by atoms with Gasteiger partial charge in [0.15, 0.2) is 0 Å². The van der Waals surface area contributed by atoms with Crippen LogP contribution in [0.3, 0.4) is 0 Å². The number of piperazine rings is 1. The quantitative estimate of drug-likeness (QED) is 0.610. The number of ether oxygens (including phenoxy) is 2. The van der Waals surface area contributed by atoms with E-state index in [1.807, 2.05) is 49.4 Å². The number of methoxy groups -OCH3 is 1. The van der Waals surface area contributed by atoms with Gasteiger partial charge in [-0.15, -0.1) is 0 Å². The monoisotopic (exact) mass is 437 g/mol. The molecule has 0 aliphatic carbocycles. The summed E-state index contributed by atoms with van der Waals surface area (Å²) in [6, 6.07) is 15.2. The minimum absolute atomic E-state index is 0.0792. The number of hydrogen-bond acceptors (Lipinski definition) is 6. The van der Waals surface area contributed by atoms with Gasteiger partial charge in [-0.2, -0.15) is 0 Å². The van der Waals surface area contributed by atoms with Gasteiger partial charge >= 0.3 is 0 Å². The lowest BCUT2D eigenvalue weighted by atomic mass is 10.2. The SMILES string of the molecule is CCOCC(=O)Nc1c(C(=O)N2CCN(c3ccc(OC)cc3)CC2)oc2ccccc12. The number of hydrogen-bond donors (Lipinski definition) is 1. The van der Waals surface area contributed by atoms with Crippen LogP contribution in [0.4, 0.5) is 11.4 Å². The molecule has 0 radical (unpaired) electrons. The predicted octanol–water partition coefficient (Wildman–Crippen LogP) is 3.38. The van der Waals surface area contributed by atoms with E-state index in [-0.39, 0.29) is 24.2 Å². The molecular formula is C24H27N3O5. The van der Waals surface area contributed by atoms with Crippen LogP contribution >= 0.6 is 0 Å².